The first kappa shape index (κ1) is 26.4. The number of aryl methyl sites for hydroxylation is 1. The number of hydrogen-bond acceptors (Lipinski definition) is 5. The summed E-state index contributed by atoms with van der Waals surface area (Å²) in [7, 11) is 0. The molecule has 1 aromatic heterocycles. The molecule has 0 saturated heterocycles. The van der Waals surface area contributed by atoms with E-state index in [1.807, 2.05) is 6.92 Å². The Balaban J connectivity index is 1.59. The summed E-state index contributed by atoms with van der Waals surface area (Å²) in [5.41, 5.74) is -0.181. The van der Waals surface area contributed by atoms with E-state index in [2.05, 4.69) is 5.32 Å². The summed E-state index contributed by atoms with van der Waals surface area (Å²) < 4.78 is 57.1. The zero-order valence-corrected chi connectivity index (χ0v) is 20.6. The van der Waals surface area contributed by atoms with Gasteiger partial charge in [0.15, 0.2) is 6.61 Å². The fourth-order valence-electron chi connectivity index (χ4n) is 3.37. The topological polar surface area (TPSA) is 77.8 Å². The molecule has 3 aromatic carbocycles. The highest BCUT2D eigenvalue weighted by Crippen LogP contribution is 2.38. The highest BCUT2D eigenvalue weighted by molar-refractivity contribution is 6.35. The van der Waals surface area contributed by atoms with Crippen LogP contribution < -0.4 is 20.2 Å². The lowest BCUT2D eigenvalue weighted by atomic mass is 10.1. The SMILES string of the molecule is CCc1ccc(Oc2c(C(F)(F)F)oc3cc(OCC(=O)Nc4cc(Cl)ccc4Cl)ccc3c2=O)cc1. The molecule has 11 heteroatoms. The lowest BCUT2D eigenvalue weighted by Gasteiger charge is -2.14. The number of hydrogen-bond donors (Lipinski definition) is 1. The molecular weight excluding hydrogens is 534 g/mol. The lowest BCUT2D eigenvalue weighted by Crippen LogP contribution is -2.20. The van der Waals surface area contributed by atoms with Gasteiger partial charge in [-0.05, 0) is 54.4 Å². The van der Waals surface area contributed by atoms with Gasteiger partial charge >= 0.3 is 6.18 Å². The average Bonchev–Trinajstić information content (AvgIpc) is 2.86. The normalized spacial score (nSPS) is 11.4. The van der Waals surface area contributed by atoms with Crippen molar-refractivity contribution < 1.29 is 31.9 Å². The molecule has 0 fully saturated rings. The molecule has 0 saturated carbocycles. The van der Waals surface area contributed by atoms with Crippen molar-refractivity contribution in [2.45, 2.75) is 19.5 Å². The molecule has 192 valence electrons. The molecule has 0 spiro atoms. The standard InChI is InChI=1S/C26H18Cl2F3NO5/c1-2-14-3-6-16(7-4-14)36-24-23(34)18-9-8-17(12-21(18)37-25(24)26(29,30)31)35-13-22(33)32-20-11-15(27)5-10-19(20)28/h3-12H,2,13H2,1H3,(H,32,33). The van der Waals surface area contributed by atoms with Crippen LogP contribution in [0.25, 0.3) is 11.0 Å². The van der Waals surface area contributed by atoms with Crippen molar-refractivity contribution >= 4 is 45.8 Å². The summed E-state index contributed by atoms with van der Waals surface area (Å²) in [4.78, 5) is 25.2. The van der Waals surface area contributed by atoms with Crippen LogP contribution in [0.1, 0.15) is 18.2 Å². The van der Waals surface area contributed by atoms with E-state index < -0.39 is 35.6 Å². The van der Waals surface area contributed by atoms with Crippen LogP contribution in [-0.2, 0) is 17.4 Å². The molecule has 0 radical (unpaired) electrons. The molecule has 0 aliphatic carbocycles. The minimum absolute atomic E-state index is 0.0000571. The first-order chi connectivity index (χ1) is 17.5. The minimum Gasteiger partial charge on any atom is -0.484 e. The Kier molecular flexibility index (Phi) is 7.65. The van der Waals surface area contributed by atoms with Crippen LogP contribution in [-0.4, -0.2) is 12.5 Å². The first-order valence-corrected chi connectivity index (χ1v) is 11.6. The fraction of sp³-hybridized carbons (Fsp3) is 0.154. The molecule has 0 aliphatic heterocycles. The van der Waals surface area contributed by atoms with Crippen molar-refractivity contribution in [2.24, 2.45) is 0 Å². The second kappa shape index (κ2) is 10.7. The summed E-state index contributed by atoms with van der Waals surface area (Å²) >= 11 is 11.9. The van der Waals surface area contributed by atoms with E-state index in [-0.39, 0.29) is 33.2 Å². The number of carbonyl (C=O) groups excluding carboxylic acids is 1. The first-order valence-electron chi connectivity index (χ1n) is 10.9. The largest absolute Gasteiger partial charge is 0.484 e. The van der Waals surface area contributed by atoms with Gasteiger partial charge in [-0.15, -0.1) is 0 Å². The maximum atomic E-state index is 13.8. The molecule has 6 nitrogen and oxygen atoms in total. The van der Waals surface area contributed by atoms with E-state index in [9.17, 15) is 22.8 Å². The van der Waals surface area contributed by atoms with Crippen molar-refractivity contribution in [3.8, 4) is 17.2 Å². The van der Waals surface area contributed by atoms with Gasteiger partial charge in [0.2, 0.25) is 11.2 Å². The number of carbonyl (C=O) groups is 1. The highest BCUT2D eigenvalue weighted by Gasteiger charge is 2.40. The number of rotatable bonds is 7. The van der Waals surface area contributed by atoms with E-state index in [1.54, 1.807) is 18.2 Å². The Morgan fingerprint density at radius 1 is 1.00 bits per heavy atom. The predicted molar refractivity (Wildman–Crippen MR) is 134 cm³/mol. The second-order valence-corrected chi connectivity index (χ2v) is 8.65. The number of anilines is 1. The van der Waals surface area contributed by atoms with E-state index in [0.717, 1.165) is 18.1 Å². The minimum atomic E-state index is -5.01. The van der Waals surface area contributed by atoms with Gasteiger partial charge in [-0.1, -0.05) is 42.3 Å². The van der Waals surface area contributed by atoms with E-state index in [0.29, 0.717) is 5.02 Å². The van der Waals surface area contributed by atoms with Crippen LogP contribution in [0.4, 0.5) is 18.9 Å². The molecule has 4 rings (SSSR count). The molecule has 1 N–H and O–H groups in total. The Morgan fingerprint density at radius 2 is 1.70 bits per heavy atom. The van der Waals surface area contributed by atoms with Crippen molar-refractivity contribution in [3.63, 3.8) is 0 Å². The average molecular weight is 552 g/mol. The van der Waals surface area contributed by atoms with Gasteiger partial charge in [0, 0.05) is 11.1 Å². The zero-order valence-electron chi connectivity index (χ0n) is 19.1. The van der Waals surface area contributed by atoms with Crippen LogP contribution in [0.2, 0.25) is 10.0 Å². The summed E-state index contributed by atoms with van der Waals surface area (Å²) in [5, 5.41) is 2.97. The number of nitrogens with one attached hydrogen (secondary N) is 1. The van der Waals surface area contributed by atoms with Crippen molar-refractivity contribution in [1.29, 1.82) is 0 Å². The van der Waals surface area contributed by atoms with Gasteiger partial charge in [0.05, 0.1) is 16.1 Å². The van der Waals surface area contributed by atoms with Gasteiger partial charge < -0.3 is 19.2 Å². The molecular formula is C26H18Cl2F3NO5. The molecule has 37 heavy (non-hydrogen) atoms. The van der Waals surface area contributed by atoms with Gasteiger partial charge in [0.25, 0.3) is 11.7 Å². The van der Waals surface area contributed by atoms with E-state index in [1.165, 1.54) is 36.4 Å². The molecule has 0 atom stereocenters. The number of halogens is 5. The Labute approximate surface area is 218 Å². The summed E-state index contributed by atoms with van der Waals surface area (Å²) in [6, 6.07) is 14.5. The fourth-order valence-corrected chi connectivity index (χ4v) is 3.70. The Morgan fingerprint density at radius 3 is 2.38 bits per heavy atom. The number of ether oxygens (including phenoxy) is 2. The summed E-state index contributed by atoms with van der Waals surface area (Å²) in [6.45, 7) is 1.43. The van der Waals surface area contributed by atoms with Crippen LogP contribution in [0, 0.1) is 0 Å². The number of alkyl halides is 3. The predicted octanol–water partition coefficient (Wildman–Crippen LogP) is 7.49. The van der Waals surface area contributed by atoms with Crippen LogP contribution >= 0.6 is 23.2 Å². The highest BCUT2D eigenvalue weighted by atomic mass is 35.5. The maximum Gasteiger partial charge on any atom is 0.453 e. The molecule has 0 aliphatic rings. The van der Waals surface area contributed by atoms with Crippen LogP contribution in [0.15, 0.2) is 69.9 Å². The molecule has 0 unspecified atom stereocenters. The number of amides is 1. The third-order valence-corrected chi connectivity index (χ3v) is 5.77. The molecule has 0 bridgehead atoms. The quantitative estimate of drug-likeness (QED) is 0.257. The second-order valence-electron chi connectivity index (χ2n) is 7.81. The maximum absolute atomic E-state index is 13.8. The van der Waals surface area contributed by atoms with Gasteiger partial charge in [-0.3, -0.25) is 9.59 Å². The smallest absolute Gasteiger partial charge is 0.453 e. The molecule has 1 heterocycles. The van der Waals surface area contributed by atoms with Crippen molar-refractivity contribution in [2.75, 3.05) is 11.9 Å². The van der Waals surface area contributed by atoms with E-state index >= 15 is 0 Å². The third-order valence-electron chi connectivity index (χ3n) is 5.20. The van der Waals surface area contributed by atoms with Crippen LogP contribution in [0.5, 0.6) is 17.2 Å². The van der Waals surface area contributed by atoms with Crippen LogP contribution in [0.3, 0.4) is 0 Å². The monoisotopic (exact) mass is 551 g/mol. The Hall–Kier alpha value is -3.69. The van der Waals surface area contributed by atoms with Gasteiger partial charge in [0.1, 0.15) is 17.1 Å². The zero-order chi connectivity index (χ0) is 26.7. The molecule has 4 aromatic rings. The number of fused-ring (bicyclic) bond motifs is 1. The summed E-state index contributed by atoms with van der Waals surface area (Å²) in [5.74, 6) is -3.11. The lowest BCUT2D eigenvalue weighted by molar-refractivity contribution is -0.154. The summed E-state index contributed by atoms with van der Waals surface area (Å²) in [6.07, 6.45) is -4.29. The Bertz CT molecular complexity index is 1520. The molecule has 1 amide bonds. The van der Waals surface area contributed by atoms with Crippen molar-refractivity contribution in [1.82, 2.24) is 0 Å². The van der Waals surface area contributed by atoms with E-state index in [4.69, 9.17) is 37.1 Å². The van der Waals surface area contributed by atoms with Crippen molar-refractivity contribution in [3.05, 3.63) is 92.3 Å². The third kappa shape index (κ3) is 6.18. The van der Waals surface area contributed by atoms with Gasteiger partial charge in [-0.25, -0.2) is 0 Å². The number of benzene rings is 3. The van der Waals surface area contributed by atoms with Gasteiger partial charge in [-0.2, -0.15) is 13.2 Å².